The molecule has 8 aromatic rings. The van der Waals surface area contributed by atoms with E-state index < -0.39 is 5.82 Å². The Balaban J connectivity index is 0.847. The summed E-state index contributed by atoms with van der Waals surface area (Å²) in [7, 11) is 1.68. The Kier molecular flexibility index (Phi) is 6.19. The molecule has 2 aliphatic rings. The van der Waals surface area contributed by atoms with Crippen molar-refractivity contribution in [2.24, 2.45) is 0 Å². The molecule has 50 heavy (non-hydrogen) atoms. The van der Waals surface area contributed by atoms with Crippen molar-refractivity contribution in [2.45, 2.75) is 57.0 Å². The fourth-order valence-corrected chi connectivity index (χ4v) is 7.53. The number of fused-ring (bicyclic) bond motifs is 4. The van der Waals surface area contributed by atoms with Gasteiger partial charge in [0.25, 0.3) is 0 Å². The Morgan fingerprint density at radius 1 is 0.620 bits per heavy atom. The highest BCUT2D eigenvalue weighted by Crippen LogP contribution is 2.55. The van der Waals surface area contributed by atoms with Gasteiger partial charge in [0.1, 0.15) is 29.4 Å². The number of halogens is 2. The zero-order valence-corrected chi connectivity index (χ0v) is 27.6. The summed E-state index contributed by atoms with van der Waals surface area (Å²) in [5.41, 5.74) is 8.71. The minimum Gasteiger partial charge on any atom is -0.496 e. The van der Waals surface area contributed by atoms with Crippen LogP contribution in [0.15, 0.2) is 79.9 Å². The van der Waals surface area contributed by atoms with Gasteiger partial charge in [-0.2, -0.15) is 0 Å². The Hall–Kier alpha value is -5.78. The molecule has 0 saturated heterocycles. The van der Waals surface area contributed by atoms with Gasteiger partial charge in [-0.25, -0.2) is 28.7 Å². The normalized spacial score (nSPS) is 20.0. The van der Waals surface area contributed by atoms with Crippen LogP contribution in [0.2, 0.25) is 0 Å². The van der Waals surface area contributed by atoms with Crippen LogP contribution < -0.4 is 9.47 Å². The molecular weight excluding hydrogens is 638 g/mol. The molecule has 0 bridgehead atoms. The second-order valence-electron chi connectivity index (χ2n) is 13.6. The van der Waals surface area contributed by atoms with Gasteiger partial charge in [-0.05, 0) is 57.0 Å². The number of imidazole rings is 4. The predicted molar refractivity (Wildman–Crippen MR) is 181 cm³/mol. The molecule has 0 aromatic carbocycles. The first kappa shape index (κ1) is 29.2. The van der Waals surface area contributed by atoms with Crippen molar-refractivity contribution in [3.63, 3.8) is 0 Å². The van der Waals surface area contributed by atoms with E-state index in [4.69, 9.17) is 19.4 Å². The van der Waals surface area contributed by atoms with Crippen LogP contribution in [0.25, 0.3) is 22.6 Å². The number of methoxy groups -OCH3 is 1. The second-order valence-corrected chi connectivity index (χ2v) is 13.6. The zero-order chi connectivity index (χ0) is 33.8. The zero-order valence-electron chi connectivity index (χ0n) is 27.6. The molecule has 8 aromatic heterocycles. The minimum atomic E-state index is -0.409. The van der Waals surface area contributed by atoms with E-state index in [1.54, 1.807) is 28.2 Å². The largest absolute Gasteiger partial charge is 0.496 e. The summed E-state index contributed by atoms with van der Waals surface area (Å²) >= 11 is 0. The molecule has 0 radical (unpaired) electrons. The van der Waals surface area contributed by atoms with Crippen LogP contribution in [0.4, 0.5) is 8.78 Å². The van der Waals surface area contributed by atoms with Crippen LogP contribution in [-0.4, -0.2) is 44.6 Å². The van der Waals surface area contributed by atoms with Crippen molar-refractivity contribution in [1.29, 1.82) is 0 Å². The number of aryl methyl sites for hydroxylation is 2. The van der Waals surface area contributed by atoms with Gasteiger partial charge in [-0.1, -0.05) is 0 Å². The van der Waals surface area contributed by atoms with Crippen molar-refractivity contribution in [3.8, 4) is 11.5 Å². The lowest BCUT2D eigenvalue weighted by Gasteiger charge is -2.10. The van der Waals surface area contributed by atoms with Crippen molar-refractivity contribution < 1.29 is 18.3 Å². The Labute approximate surface area is 284 Å². The summed E-state index contributed by atoms with van der Waals surface area (Å²) in [5.74, 6) is 1.61. The van der Waals surface area contributed by atoms with Crippen molar-refractivity contribution in [2.75, 3.05) is 7.11 Å². The van der Waals surface area contributed by atoms with Gasteiger partial charge in [0.2, 0.25) is 0 Å². The molecular formula is C38H32F2N8O2. The lowest BCUT2D eigenvalue weighted by Crippen LogP contribution is -2.01. The van der Waals surface area contributed by atoms with Gasteiger partial charge in [0.05, 0.1) is 29.9 Å². The van der Waals surface area contributed by atoms with Crippen LogP contribution in [0.5, 0.6) is 11.5 Å². The molecule has 8 heterocycles. The molecule has 10 nitrogen and oxygen atoms in total. The number of hydrogen-bond donors (Lipinski definition) is 0. The third kappa shape index (κ3) is 4.57. The molecule has 2 fully saturated rings. The lowest BCUT2D eigenvalue weighted by atomic mass is 10.2. The molecule has 0 aliphatic heterocycles. The number of ether oxygens (including phenoxy) is 2. The Bertz CT molecular complexity index is 2650. The van der Waals surface area contributed by atoms with E-state index >= 15 is 4.39 Å². The quantitative estimate of drug-likeness (QED) is 0.169. The van der Waals surface area contributed by atoms with Crippen molar-refractivity contribution in [3.05, 3.63) is 131 Å². The van der Waals surface area contributed by atoms with Gasteiger partial charge in [0.15, 0.2) is 22.9 Å². The number of aromatic nitrogens is 8. The van der Waals surface area contributed by atoms with Crippen molar-refractivity contribution >= 4 is 22.6 Å². The summed E-state index contributed by atoms with van der Waals surface area (Å²) in [6.45, 7) is 4.22. The number of pyridine rings is 4. The van der Waals surface area contributed by atoms with E-state index in [0.717, 1.165) is 63.8 Å². The van der Waals surface area contributed by atoms with Crippen LogP contribution in [-0.2, 0) is 6.61 Å². The fraction of sp³-hybridized carbons (Fsp3) is 0.263. The van der Waals surface area contributed by atoms with Gasteiger partial charge in [0, 0.05) is 89.9 Å². The van der Waals surface area contributed by atoms with E-state index in [0.29, 0.717) is 28.8 Å². The first-order valence-electron chi connectivity index (χ1n) is 16.8. The highest BCUT2D eigenvalue weighted by molar-refractivity contribution is 5.58. The maximum Gasteiger partial charge on any atom is 0.173 e. The van der Waals surface area contributed by atoms with Crippen LogP contribution in [0.3, 0.4) is 0 Å². The van der Waals surface area contributed by atoms with Gasteiger partial charge < -0.3 is 27.1 Å². The van der Waals surface area contributed by atoms with E-state index in [1.807, 2.05) is 61.4 Å². The molecule has 2 aliphatic carbocycles. The molecule has 0 spiro atoms. The second kappa shape index (κ2) is 10.6. The average molecular weight is 671 g/mol. The summed E-state index contributed by atoms with van der Waals surface area (Å²) in [4.78, 5) is 19.1. The average Bonchev–Trinajstić information content (AvgIpc) is 3.79. The Morgan fingerprint density at radius 2 is 1.12 bits per heavy atom. The van der Waals surface area contributed by atoms with E-state index in [-0.39, 0.29) is 29.9 Å². The summed E-state index contributed by atoms with van der Waals surface area (Å²) in [5, 5.41) is 0. The van der Waals surface area contributed by atoms with E-state index in [9.17, 15) is 4.39 Å². The SMILES string of the molecule is COc1ccn2cc(C3CC3c3cn4ccc(OCc5cc(F)c6nc(C7CC7c7cn8cccc(F)c8n7)cn6c5)c(C)c4n3)nc2c1C. The predicted octanol–water partition coefficient (Wildman–Crippen LogP) is 7.30. The molecule has 250 valence electrons. The first-order chi connectivity index (χ1) is 24.3. The summed E-state index contributed by atoms with van der Waals surface area (Å²) in [6, 6.07) is 8.44. The molecule has 2 saturated carbocycles. The van der Waals surface area contributed by atoms with Gasteiger partial charge in [-0.3, -0.25) is 0 Å². The molecule has 0 amide bonds. The maximum absolute atomic E-state index is 15.3. The minimum absolute atomic E-state index is 0.106. The number of nitrogens with zero attached hydrogens (tertiary/aromatic N) is 8. The first-order valence-corrected chi connectivity index (χ1v) is 16.8. The lowest BCUT2D eigenvalue weighted by molar-refractivity contribution is 0.303. The third-order valence-corrected chi connectivity index (χ3v) is 10.4. The number of rotatable bonds is 8. The van der Waals surface area contributed by atoms with E-state index in [2.05, 4.69) is 26.8 Å². The van der Waals surface area contributed by atoms with E-state index in [1.165, 1.54) is 12.1 Å². The monoisotopic (exact) mass is 670 g/mol. The van der Waals surface area contributed by atoms with Crippen LogP contribution in [0, 0.1) is 25.5 Å². The molecule has 0 N–H and O–H groups in total. The van der Waals surface area contributed by atoms with Crippen molar-refractivity contribution in [1.82, 2.24) is 37.5 Å². The fourth-order valence-electron chi connectivity index (χ4n) is 7.53. The standard InChI is InChI=1S/C38H32F2N8O2/c1-20-33(49-3)6-9-46-16-29(41-35(20)46)23-12-24(23)30-17-47-10-7-34(21(2)36(47)42-30)50-19-22-11-28(40)38-44-32(18-48(38)14-22)26-13-25(26)31-15-45-8-4-5-27(39)37(45)43-31/h4-11,14-18,23-26H,12-13,19H2,1-3H3. The third-order valence-electron chi connectivity index (χ3n) is 10.4. The van der Waals surface area contributed by atoms with Gasteiger partial charge in [-0.15, -0.1) is 0 Å². The smallest absolute Gasteiger partial charge is 0.173 e. The highest BCUT2D eigenvalue weighted by Gasteiger charge is 2.44. The van der Waals surface area contributed by atoms with Crippen LogP contribution >= 0.6 is 0 Å². The molecule has 12 heteroatoms. The molecule has 10 rings (SSSR count). The molecule has 4 unspecified atom stereocenters. The maximum atomic E-state index is 15.3. The molecule has 4 atom stereocenters. The highest BCUT2D eigenvalue weighted by atomic mass is 19.1. The summed E-state index contributed by atoms with van der Waals surface area (Å²) in [6.07, 6.45) is 17.4. The van der Waals surface area contributed by atoms with Gasteiger partial charge >= 0.3 is 0 Å². The Morgan fingerprint density at radius 3 is 1.70 bits per heavy atom. The van der Waals surface area contributed by atoms with Crippen LogP contribution in [0.1, 0.15) is 76.0 Å². The summed E-state index contributed by atoms with van der Waals surface area (Å²) < 4.78 is 48.7. The topological polar surface area (TPSA) is 87.7 Å². The number of hydrogen-bond acceptors (Lipinski definition) is 6.